The second kappa shape index (κ2) is 6.89. The van der Waals surface area contributed by atoms with E-state index in [1.165, 1.54) is 4.31 Å². The first kappa shape index (κ1) is 17.4. The summed E-state index contributed by atoms with van der Waals surface area (Å²) in [5.41, 5.74) is -0.891. The fourth-order valence-corrected chi connectivity index (χ4v) is 4.68. The first-order valence-electron chi connectivity index (χ1n) is 7.45. The molecule has 1 heterocycles. The summed E-state index contributed by atoms with van der Waals surface area (Å²) in [5.74, 6) is -0.412. The van der Waals surface area contributed by atoms with Crippen LogP contribution in [0.15, 0.2) is 0 Å². The van der Waals surface area contributed by atoms with Crippen LogP contribution in [0.4, 0.5) is 0 Å². The summed E-state index contributed by atoms with van der Waals surface area (Å²) in [6, 6.07) is 0. The number of carbonyl (C=O) groups is 1. The number of sulfonamides is 1. The summed E-state index contributed by atoms with van der Waals surface area (Å²) in [6.45, 7) is 6.52. The minimum Gasteiger partial charge on any atom is -0.481 e. The van der Waals surface area contributed by atoms with E-state index in [-0.39, 0.29) is 12.3 Å². The van der Waals surface area contributed by atoms with Gasteiger partial charge in [0, 0.05) is 13.1 Å². The quantitative estimate of drug-likeness (QED) is 0.783. The van der Waals surface area contributed by atoms with Crippen LogP contribution in [0, 0.1) is 11.3 Å². The summed E-state index contributed by atoms with van der Waals surface area (Å²) in [7, 11) is -3.33. The van der Waals surface area contributed by atoms with Crippen LogP contribution in [0.2, 0.25) is 0 Å². The van der Waals surface area contributed by atoms with Crippen molar-refractivity contribution < 1.29 is 18.3 Å². The van der Waals surface area contributed by atoms with Gasteiger partial charge in [0.15, 0.2) is 0 Å². The van der Waals surface area contributed by atoms with Gasteiger partial charge < -0.3 is 5.11 Å². The standard InChI is InChI=1S/C14H27NO4S/c1-4-7-14(13(16)17)8-5-9-15(11-14)20(18,19)10-6-12(2)3/h12H,4-11H2,1-3H3,(H,16,17). The number of aliphatic carboxylic acids is 1. The molecule has 20 heavy (non-hydrogen) atoms. The molecule has 0 saturated carbocycles. The van der Waals surface area contributed by atoms with E-state index < -0.39 is 21.4 Å². The van der Waals surface area contributed by atoms with Gasteiger partial charge in [0.1, 0.15) is 0 Å². The first-order valence-corrected chi connectivity index (χ1v) is 9.05. The predicted octanol–water partition coefficient (Wildman–Crippen LogP) is 2.33. The van der Waals surface area contributed by atoms with E-state index in [4.69, 9.17) is 0 Å². The number of rotatable bonds is 7. The van der Waals surface area contributed by atoms with E-state index in [1.807, 2.05) is 20.8 Å². The molecule has 0 aromatic heterocycles. The third-order valence-electron chi connectivity index (χ3n) is 4.07. The van der Waals surface area contributed by atoms with Gasteiger partial charge in [-0.05, 0) is 31.6 Å². The lowest BCUT2D eigenvalue weighted by atomic mass is 9.77. The van der Waals surface area contributed by atoms with Crippen LogP contribution in [-0.2, 0) is 14.8 Å². The summed E-state index contributed by atoms with van der Waals surface area (Å²) in [5, 5.41) is 9.50. The molecule has 6 heteroatoms. The number of nitrogens with zero attached hydrogens (tertiary/aromatic N) is 1. The number of carboxylic acid groups (broad SMARTS) is 1. The van der Waals surface area contributed by atoms with Crippen molar-refractivity contribution in [3.63, 3.8) is 0 Å². The highest BCUT2D eigenvalue weighted by atomic mass is 32.2. The van der Waals surface area contributed by atoms with E-state index >= 15 is 0 Å². The van der Waals surface area contributed by atoms with Crippen molar-refractivity contribution in [1.29, 1.82) is 0 Å². The average molecular weight is 305 g/mol. The second-order valence-electron chi connectivity index (χ2n) is 6.27. The van der Waals surface area contributed by atoms with Gasteiger partial charge in [-0.2, -0.15) is 0 Å². The van der Waals surface area contributed by atoms with E-state index in [9.17, 15) is 18.3 Å². The first-order chi connectivity index (χ1) is 9.23. The number of hydrogen-bond donors (Lipinski definition) is 1. The van der Waals surface area contributed by atoms with E-state index in [2.05, 4.69) is 0 Å². The number of hydrogen-bond acceptors (Lipinski definition) is 3. The minimum atomic E-state index is -3.33. The van der Waals surface area contributed by atoms with Crippen LogP contribution >= 0.6 is 0 Å². The van der Waals surface area contributed by atoms with Gasteiger partial charge >= 0.3 is 5.97 Å². The van der Waals surface area contributed by atoms with E-state index in [0.29, 0.717) is 38.1 Å². The molecule has 5 nitrogen and oxygen atoms in total. The van der Waals surface area contributed by atoms with Crippen LogP contribution in [-0.4, -0.2) is 42.6 Å². The Hall–Kier alpha value is -0.620. The molecular weight excluding hydrogens is 278 g/mol. The van der Waals surface area contributed by atoms with Crippen molar-refractivity contribution in [3.8, 4) is 0 Å². The molecule has 1 fully saturated rings. The highest BCUT2D eigenvalue weighted by molar-refractivity contribution is 7.89. The zero-order valence-electron chi connectivity index (χ0n) is 12.8. The Labute approximate surface area is 122 Å². The summed E-state index contributed by atoms with van der Waals surface area (Å²) >= 11 is 0. The van der Waals surface area contributed by atoms with Gasteiger partial charge in [-0.1, -0.05) is 27.2 Å². The normalized spacial score (nSPS) is 25.0. The fourth-order valence-electron chi connectivity index (χ4n) is 2.80. The van der Waals surface area contributed by atoms with Gasteiger partial charge in [0.2, 0.25) is 10.0 Å². The van der Waals surface area contributed by atoms with Gasteiger partial charge in [0.25, 0.3) is 0 Å². The minimum absolute atomic E-state index is 0.118. The molecule has 1 atom stereocenters. The maximum absolute atomic E-state index is 12.3. The molecule has 0 spiro atoms. The SMILES string of the molecule is CCCC1(C(=O)O)CCCN(S(=O)(=O)CCC(C)C)C1. The van der Waals surface area contributed by atoms with Gasteiger partial charge in [0.05, 0.1) is 11.2 Å². The largest absolute Gasteiger partial charge is 0.481 e. The molecule has 0 aromatic carbocycles. The molecule has 0 radical (unpaired) electrons. The highest BCUT2D eigenvalue weighted by Gasteiger charge is 2.44. The Morgan fingerprint density at radius 3 is 2.55 bits per heavy atom. The predicted molar refractivity (Wildman–Crippen MR) is 79.0 cm³/mol. The molecule has 1 N–H and O–H groups in total. The number of carboxylic acids is 1. The van der Waals surface area contributed by atoms with Crippen molar-refractivity contribution in [2.24, 2.45) is 11.3 Å². The maximum atomic E-state index is 12.3. The van der Waals surface area contributed by atoms with Crippen molar-refractivity contribution in [2.75, 3.05) is 18.8 Å². The topological polar surface area (TPSA) is 74.7 Å². The maximum Gasteiger partial charge on any atom is 0.310 e. The molecule has 0 aromatic rings. The molecule has 0 bridgehead atoms. The molecule has 0 amide bonds. The molecule has 1 rings (SSSR count). The lowest BCUT2D eigenvalue weighted by Crippen LogP contribution is -2.50. The molecule has 118 valence electrons. The molecule has 1 aliphatic rings. The Morgan fingerprint density at radius 2 is 2.05 bits per heavy atom. The lowest BCUT2D eigenvalue weighted by molar-refractivity contribution is -0.151. The fraction of sp³-hybridized carbons (Fsp3) is 0.929. The molecular formula is C14H27NO4S. The lowest BCUT2D eigenvalue weighted by Gasteiger charge is -2.39. The zero-order chi connectivity index (χ0) is 15.4. The molecule has 1 saturated heterocycles. The highest BCUT2D eigenvalue weighted by Crippen LogP contribution is 2.36. The van der Waals surface area contributed by atoms with Crippen LogP contribution < -0.4 is 0 Å². The molecule has 0 aliphatic carbocycles. The van der Waals surface area contributed by atoms with E-state index in [1.54, 1.807) is 0 Å². The number of piperidine rings is 1. The van der Waals surface area contributed by atoms with Crippen molar-refractivity contribution in [1.82, 2.24) is 4.31 Å². The van der Waals surface area contributed by atoms with Crippen LogP contribution in [0.3, 0.4) is 0 Å². The van der Waals surface area contributed by atoms with Gasteiger partial charge in [-0.25, -0.2) is 12.7 Å². The van der Waals surface area contributed by atoms with Crippen LogP contribution in [0.25, 0.3) is 0 Å². The Balaban J connectivity index is 2.84. The third-order valence-corrected chi connectivity index (χ3v) is 5.92. The Morgan fingerprint density at radius 1 is 1.40 bits per heavy atom. The van der Waals surface area contributed by atoms with Crippen molar-refractivity contribution in [2.45, 2.75) is 52.9 Å². The van der Waals surface area contributed by atoms with Crippen molar-refractivity contribution in [3.05, 3.63) is 0 Å². The summed E-state index contributed by atoms with van der Waals surface area (Å²) < 4.78 is 26.1. The second-order valence-corrected chi connectivity index (χ2v) is 8.36. The summed E-state index contributed by atoms with van der Waals surface area (Å²) in [4.78, 5) is 11.6. The van der Waals surface area contributed by atoms with E-state index in [0.717, 1.165) is 6.42 Å². The smallest absolute Gasteiger partial charge is 0.310 e. The monoisotopic (exact) mass is 305 g/mol. The van der Waals surface area contributed by atoms with Crippen LogP contribution in [0.1, 0.15) is 52.9 Å². The van der Waals surface area contributed by atoms with Crippen LogP contribution in [0.5, 0.6) is 0 Å². The van der Waals surface area contributed by atoms with Gasteiger partial charge in [-0.3, -0.25) is 4.79 Å². The average Bonchev–Trinajstić information content (AvgIpc) is 2.37. The Kier molecular flexibility index (Phi) is 6.01. The summed E-state index contributed by atoms with van der Waals surface area (Å²) in [6.07, 6.45) is 3.12. The Bertz CT molecular complexity index is 428. The molecule has 1 unspecified atom stereocenters. The molecule has 1 aliphatic heterocycles. The van der Waals surface area contributed by atoms with Crippen molar-refractivity contribution >= 4 is 16.0 Å². The van der Waals surface area contributed by atoms with Gasteiger partial charge in [-0.15, -0.1) is 0 Å². The zero-order valence-corrected chi connectivity index (χ0v) is 13.6. The third kappa shape index (κ3) is 4.19.